The minimum absolute atomic E-state index is 0.329. The molecule has 20 heavy (non-hydrogen) atoms. The maximum atomic E-state index is 12.0. The van der Waals surface area contributed by atoms with Gasteiger partial charge in [-0.05, 0) is 6.42 Å². The minimum Gasteiger partial charge on any atom is -0.383 e. The van der Waals surface area contributed by atoms with Gasteiger partial charge >= 0.3 is 0 Å². The molecule has 0 aromatic carbocycles. The number of halogens is 1. The Labute approximate surface area is 123 Å². The third-order valence-electron chi connectivity index (χ3n) is 3.26. The van der Waals surface area contributed by atoms with Crippen LogP contribution in [-0.2, 0) is 10.0 Å². The zero-order chi connectivity index (χ0) is 14.8. The van der Waals surface area contributed by atoms with Gasteiger partial charge in [0, 0.05) is 26.7 Å². The first kappa shape index (κ1) is 15.3. The summed E-state index contributed by atoms with van der Waals surface area (Å²) >= 11 is 6.01. The van der Waals surface area contributed by atoms with E-state index < -0.39 is 15.3 Å². The zero-order valence-corrected chi connectivity index (χ0v) is 13.0. The molecule has 1 aliphatic rings. The van der Waals surface area contributed by atoms with E-state index in [1.54, 1.807) is 14.0 Å². The average molecular weight is 320 g/mol. The van der Waals surface area contributed by atoms with Crippen molar-refractivity contribution in [3.63, 3.8) is 0 Å². The molecule has 0 spiro atoms. The molecule has 2 heterocycles. The summed E-state index contributed by atoms with van der Waals surface area (Å²) in [6.45, 7) is 3.20. The molecule has 9 heteroatoms. The van der Waals surface area contributed by atoms with Gasteiger partial charge in [0.1, 0.15) is 12.0 Å². The summed E-state index contributed by atoms with van der Waals surface area (Å²) in [4.78, 5) is 10.0. The first-order valence-corrected chi connectivity index (χ1v) is 8.33. The number of hydrogen-bond donors (Lipinski definition) is 2. The standard InChI is InChI=1S/C11H18ClN5O2S/c1-3-16-20(18,19)8-4-5-17(6-8)11-9(13-2)10(12)14-7-15-11/h7-8,13,16H,3-6H2,1-2H3. The molecule has 2 rings (SSSR count). The normalized spacial score (nSPS) is 19.4. The summed E-state index contributed by atoms with van der Waals surface area (Å²) in [5.41, 5.74) is 0.621. The Morgan fingerprint density at radius 1 is 1.50 bits per heavy atom. The van der Waals surface area contributed by atoms with Crippen molar-refractivity contribution in [3.8, 4) is 0 Å². The second kappa shape index (κ2) is 6.11. The van der Waals surface area contributed by atoms with Crippen LogP contribution >= 0.6 is 11.6 Å². The number of hydrogen-bond acceptors (Lipinski definition) is 6. The molecule has 112 valence electrons. The topological polar surface area (TPSA) is 87.2 Å². The molecule has 1 aromatic heterocycles. The molecule has 1 unspecified atom stereocenters. The first-order valence-electron chi connectivity index (χ1n) is 6.41. The van der Waals surface area contributed by atoms with Crippen LogP contribution in [0, 0.1) is 0 Å². The fourth-order valence-corrected chi connectivity index (χ4v) is 3.96. The van der Waals surface area contributed by atoms with Gasteiger partial charge in [0.05, 0.1) is 5.25 Å². The molecular weight excluding hydrogens is 302 g/mol. The Kier molecular flexibility index (Phi) is 4.66. The lowest BCUT2D eigenvalue weighted by molar-refractivity contribution is 0.571. The lowest BCUT2D eigenvalue weighted by atomic mass is 10.4. The number of sulfonamides is 1. The molecule has 0 saturated carbocycles. The fourth-order valence-electron chi connectivity index (χ4n) is 2.30. The Hall–Kier alpha value is -1.12. The number of rotatable bonds is 5. The number of nitrogens with zero attached hydrogens (tertiary/aromatic N) is 3. The van der Waals surface area contributed by atoms with Gasteiger partial charge in [0.2, 0.25) is 10.0 Å². The van der Waals surface area contributed by atoms with E-state index in [1.807, 2.05) is 4.90 Å². The molecule has 1 saturated heterocycles. The van der Waals surface area contributed by atoms with Crippen molar-refractivity contribution in [2.75, 3.05) is 36.9 Å². The van der Waals surface area contributed by atoms with Crippen LogP contribution in [0.15, 0.2) is 6.33 Å². The van der Waals surface area contributed by atoms with Crippen molar-refractivity contribution in [2.45, 2.75) is 18.6 Å². The van der Waals surface area contributed by atoms with Crippen molar-refractivity contribution in [1.82, 2.24) is 14.7 Å². The smallest absolute Gasteiger partial charge is 0.216 e. The van der Waals surface area contributed by atoms with Gasteiger partial charge < -0.3 is 10.2 Å². The molecule has 1 aromatic rings. The molecule has 0 aliphatic carbocycles. The summed E-state index contributed by atoms with van der Waals surface area (Å²) < 4.78 is 26.6. The summed E-state index contributed by atoms with van der Waals surface area (Å²) in [6.07, 6.45) is 1.95. The Balaban J connectivity index is 2.20. The van der Waals surface area contributed by atoms with Crippen LogP contribution in [-0.4, -0.2) is 50.3 Å². The van der Waals surface area contributed by atoms with Gasteiger partial charge in [0.25, 0.3) is 0 Å². The largest absolute Gasteiger partial charge is 0.383 e. The van der Waals surface area contributed by atoms with Crippen molar-refractivity contribution >= 4 is 33.1 Å². The minimum atomic E-state index is -3.27. The van der Waals surface area contributed by atoms with E-state index >= 15 is 0 Å². The zero-order valence-electron chi connectivity index (χ0n) is 11.4. The van der Waals surface area contributed by atoms with E-state index in [9.17, 15) is 8.42 Å². The first-order chi connectivity index (χ1) is 9.49. The monoisotopic (exact) mass is 319 g/mol. The highest BCUT2D eigenvalue weighted by molar-refractivity contribution is 7.90. The van der Waals surface area contributed by atoms with Gasteiger partial charge in [-0.1, -0.05) is 18.5 Å². The predicted octanol–water partition coefficient (Wildman–Crippen LogP) is 0.690. The van der Waals surface area contributed by atoms with Gasteiger partial charge in [-0.2, -0.15) is 0 Å². The summed E-state index contributed by atoms with van der Waals surface area (Å²) in [5.74, 6) is 0.640. The van der Waals surface area contributed by atoms with E-state index in [0.29, 0.717) is 42.7 Å². The Bertz CT molecular complexity index is 580. The van der Waals surface area contributed by atoms with Gasteiger partial charge in [-0.25, -0.2) is 23.1 Å². The SMILES string of the molecule is CCNS(=O)(=O)C1CCN(c2ncnc(Cl)c2NC)C1. The van der Waals surface area contributed by atoms with Crippen molar-refractivity contribution < 1.29 is 8.42 Å². The van der Waals surface area contributed by atoms with Crippen LogP contribution in [0.25, 0.3) is 0 Å². The number of aromatic nitrogens is 2. The molecule has 1 atom stereocenters. The second-order valence-corrected chi connectivity index (χ2v) is 6.92. The molecule has 1 fully saturated rings. The van der Waals surface area contributed by atoms with E-state index in [1.165, 1.54) is 6.33 Å². The third-order valence-corrected chi connectivity index (χ3v) is 5.50. The van der Waals surface area contributed by atoms with Crippen LogP contribution in [0.2, 0.25) is 5.15 Å². The average Bonchev–Trinajstić information content (AvgIpc) is 2.88. The molecule has 1 aliphatic heterocycles. The van der Waals surface area contributed by atoms with Crippen molar-refractivity contribution in [1.29, 1.82) is 0 Å². The maximum absolute atomic E-state index is 12.0. The van der Waals surface area contributed by atoms with Gasteiger partial charge in [-0.3, -0.25) is 0 Å². The van der Waals surface area contributed by atoms with E-state index in [-0.39, 0.29) is 0 Å². The fraction of sp³-hybridized carbons (Fsp3) is 0.636. The predicted molar refractivity (Wildman–Crippen MR) is 79.8 cm³/mol. The van der Waals surface area contributed by atoms with Crippen molar-refractivity contribution in [2.24, 2.45) is 0 Å². The third kappa shape index (κ3) is 2.97. The van der Waals surface area contributed by atoms with Crippen LogP contribution in [0.5, 0.6) is 0 Å². The molecule has 7 nitrogen and oxygen atoms in total. The number of nitrogens with one attached hydrogen (secondary N) is 2. The quantitative estimate of drug-likeness (QED) is 0.776. The van der Waals surface area contributed by atoms with E-state index in [0.717, 1.165) is 0 Å². The molecular formula is C11H18ClN5O2S. The van der Waals surface area contributed by atoms with Crippen LogP contribution in [0.3, 0.4) is 0 Å². The van der Waals surface area contributed by atoms with Crippen molar-refractivity contribution in [3.05, 3.63) is 11.5 Å². The highest BCUT2D eigenvalue weighted by Crippen LogP contribution is 2.31. The highest BCUT2D eigenvalue weighted by Gasteiger charge is 2.34. The Morgan fingerprint density at radius 2 is 2.25 bits per heavy atom. The van der Waals surface area contributed by atoms with Gasteiger partial charge in [0.15, 0.2) is 11.0 Å². The van der Waals surface area contributed by atoms with Crippen LogP contribution in [0.1, 0.15) is 13.3 Å². The van der Waals surface area contributed by atoms with Gasteiger partial charge in [-0.15, -0.1) is 0 Å². The maximum Gasteiger partial charge on any atom is 0.216 e. The summed E-state index contributed by atoms with van der Waals surface area (Å²) in [7, 11) is -1.54. The molecule has 0 bridgehead atoms. The molecule has 0 radical (unpaired) electrons. The second-order valence-electron chi connectivity index (χ2n) is 4.51. The summed E-state index contributed by atoms with van der Waals surface area (Å²) in [5, 5.41) is 2.86. The number of anilines is 2. The summed E-state index contributed by atoms with van der Waals surface area (Å²) in [6, 6.07) is 0. The lowest BCUT2D eigenvalue weighted by Gasteiger charge is -2.20. The highest BCUT2D eigenvalue weighted by atomic mass is 35.5. The van der Waals surface area contributed by atoms with E-state index in [2.05, 4.69) is 20.0 Å². The lowest BCUT2D eigenvalue weighted by Crippen LogP contribution is -2.36. The Morgan fingerprint density at radius 3 is 2.90 bits per heavy atom. The molecule has 0 amide bonds. The molecule has 2 N–H and O–H groups in total. The van der Waals surface area contributed by atoms with E-state index in [4.69, 9.17) is 11.6 Å². The van der Waals surface area contributed by atoms with Crippen LogP contribution < -0.4 is 14.9 Å². The van der Waals surface area contributed by atoms with Crippen LogP contribution in [0.4, 0.5) is 11.5 Å².